The van der Waals surface area contributed by atoms with Gasteiger partial charge in [-0.1, -0.05) is 0 Å². The Hall–Kier alpha value is -0.130. The zero-order valence-electron chi connectivity index (χ0n) is 5.25. The maximum absolute atomic E-state index is 10.5. The van der Waals surface area contributed by atoms with Gasteiger partial charge in [0.05, 0.1) is 0 Å². The number of hydrogen-bond donors (Lipinski definition) is 0. The van der Waals surface area contributed by atoms with Gasteiger partial charge in [0.15, 0.2) is 11.7 Å². The van der Waals surface area contributed by atoms with E-state index in [2.05, 4.69) is 4.18 Å². The molecule has 0 unspecified atom stereocenters. The molecule has 0 radical (unpaired) electrons. The minimum absolute atomic E-state index is 0.333. The van der Waals surface area contributed by atoms with Crippen LogP contribution in [-0.2, 0) is 19.0 Å². The summed E-state index contributed by atoms with van der Waals surface area (Å²) >= 11 is 0. The molecular weight excluding hydrogens is 144 g/mol. The van der Waals surface area contributed by atoms with Crippen LogP contribution in [0.3, 0.4) is 0 Å². The van der Waals surface area contributed by atoms with Crippen molar-refractivity contribution in [3.05, 3.63) is 0 Å². The molecule has 1 saturated heterocycles. The highest BCUT2D eigenvalue weighted by Gasteiger charge is 2.36. The quantitative estimate of drug-likeness (QED) is 0.460. The Labute approximate surface area is 53.9 Å². The average molecular weight is 152 g/mol. The molecule has 1 aliphatic rings. The van der Waals surface area contributed by atoms with Crippen molar-refractivity contribution in [3.63, 3.8) is 0 Å². The van der Waals surface area contributed by atoms with Crippen molar-refractivity contribution in [2.75, 3.05) is 5.94 Å². The van der Waals surface area contributed by atoms with Crippen LogP contribution in [-0.4, -0.2) is 20.1 Å². The van der Waals surface area contributed by atoms with Crippen LogP contribution in [0, 0.1) is 0 Å². The van der Waals surface area contributed by atoms with E-state index in [4.69, 9.17) is 4.74 Å². The summed E-state index contributed by atoms with van der Waals surface area (Å²) in [7, 11) is -3.38. The van der Waals surface area contributed by atoms with E-state index in [0.717, 1.165) is 0 Å². The van der Waals surface area contributed by atoms with Gasteiger partial charge >= 0.3 is 0 Å². The lowest BCUT2D eigenvalue weighted by atomic mass is 10.4. The molecule has 54 valence electrons. The lowest BCUT2D eigenvalue weighted by Crippen LogP contribution is -2.19. The van der Waals surface area contributed by atoms with E-state index in [-0.39, 0.29) is 5.94 Å². The molecule has 4 nitrogen and oxygen atoms in total. The Kier molecular flexibility index (Phi) is 1.30. The van der Waals surface area contributed by atoms with E-state index in [1.165, 1.54) is 0 Å². The summed E-state index contributed by atoms with van der Waals surface area (Å²) in [6, 6.07) is 0. The molecule has 5 heteroatoms. The molecule has 0 saturated carbocycles. The van der Waals surface area contributed by atoms with Crippen molar-refractivity contribution in [2.24, 2.45) is 0 Å². The van der Waals surface area contributed by atoms with Gasteiger partial charge in [-0.25, -0.2) is 4.18 Å². The molecule has 0 bridgehead atoms. The Bertz CT molecular complexity index is 203. The second-order valence-electron chi connectivity index (χ2n) is 2.30. The lowest BCUT2D eigenvalue weighted by Gasteiger charge is -2.11. The van der Waals surface area contributed by atoms with E-state index in [1.54, 1.807) is 13.8 Å². The molecule has 0 aromatic carbocycles. The Morgan fingerprint density at radius 1 is 1.44 bits per heavy atom. The van der Waals surface area contributed by atoms with Crippen molar-refractivity contribution in [2.45, 2.75) is 19.6 Å². The maximum atomic E-state index is 10.5. The van der Waals surface area contributed by atoms with E-state index in [1.807, 2.05) is 0 Å². The highest BCUT2D eigenvalue weighted by atomic mass is 32.2. The van der Waals surface area contributed by atoms with Gasteiger partial charge < -0.3 is 4.74 Å². The topological polar surface area (TPSA) is 52.6 Å². The Morgan fingerprint density at radius 2 is 2.00 bits per heavy atom. The summed E-state index contributed by atoms with van der Waals surface area (Å²) in [6.45, 7) is 3.11. The lowest BCUT2D eigenvalue weighted by molar-refractivity contribution is -0.103. The number of hydrogen-bond acceptors (Lipinski definition) is 4. The third-order valence-electron chi connectivity index (χ3n) is 0.879. The summed E-state index contributed by atoms with van der Waals surface area (Å²) in [6.07, 6.45) is 0. The smallest absolute Gasteiger partial charge is 0.294 e. The second-order valence-corrected chi connectivity index (χ2v) is 3.82. The number of rotatable bonds is 0. The summed E-state index contributed by atoms with van der Waals surface area (Å²) in [5.41, 5.74) is 0. The van der Waals surface area contributed by atoms with Gasteiger partial charge in [-0.2, -0.15) is 8.42 Å². The minimum Gasteiger partial charge on any atom is -0.331 e. The van der Waals surface area contributed by atoms with Gasteiger partial charge in [0.25, 0.3) is 10.1 Å². The van der Waals surface area contributed by atoms with Crippen LogP contribution in [0.2, 0.25) is 0 Å². The Balaban J connectivity index is 2.81. The Morgan fingerprint density at radius 3 is 2.11 bits per heavy atom. The van der Waals surface area contributed by atoms with Crippen LogP contribution in [0.5, 0.6) is 0 Å². The van der Waals surface area contributed by atoms with E-state index in [9.17, 15) is 8.42 Å². The zero-order chi connectivity index (χ0) is 7.12. The SMILES string of the molecule is CC1(C)OCS(=O)(=O)O1. The van der Waals surface area contributed by atoms with Crippen LogP contribution >= 0.6 is 0 Å². The van der Waals surface area contributed by atoms with Gasteiger partial charge in [0.1, 0.15) is 0 Å². The third kappa shape index (κ3) is 1.64. The van der Waals surface area contributed by atoms with Gasteiger partial charge in [0.2, 0.25) is 0 Å². The van der Waals surface area contributed by atoms with Gasteiger partial charge in [0, 0.05) is 0 Å². The van der Waals surface area contributed by atoms with Crippen molar-refractivity contribution in [3.8, 4) is 0 Å². The maximum Gasteiger partial charge on any atom is 0.294 e. The summed E-state index contributed by atoms with van der Waals surface area (Å²) in [4.78, 5) is 0. The van der Waals surface area contributed by atoms with Crippen molar-refractivity contribution in [1.82, 2.24) is 0 Å². The van der Waals surface area contributed by atoms with Crippen LogP contribution in [0.4, 0.5) is 0 Å². The van der Waals surface area contributed by atoms with Crippen LogP contribution in [0.15, 0.2) is 0 Å². The predicted octanol–water partition coefficient (Wildman–Crippen LogP) is 0.0566. The fourth-order valence-electron chi connectivity index (χ4n) is 0.568. The summed E-state index contributed by atoms with van der Waals surface area (Å²) in [5.74, 6) is -1.29. The molecule has 1 fully saturated rings. The van der Waals surface area contributed by atoms with E-state index >= 15 is 0 Å². The fraction of sp³-hybridized carbons (Fsp3) is 1.00. The minimum atomic E-state index is -3.38. The van der Waals surface area contributed by atoms with Gasteiger partial charge in [-0.15, -0.1) is 0 Å². The largest absolute Gasteiger partial charge is 0.331 e. The standard InChI is InChI=1S/C4H8O4S/c1-4(2)7-3-9(5,6)8-4/h3H2,1-2H3. The third-order valence-corrected chi connectivity index (χ3v) is 1.94. The van der Waals surface area contributed by atoms with Crippen molar-refractivity contribution >= 4 is 10.1 Å². The first-order valence-electron chi connectivity index (χ1n) is 2.49. The van der Waals surface area contributed by atoms with Gasteiger partial charge in [-0.05, 0) is 13.8 Å². The first kappa shape index (κ1) is 6.98. The zero-order valence-corrected chi connectivity index (χ0v) is 6.06. The average Bonchev–Trinajstić information content (AvgIpc) is 1.78. The monoisotopic (exact) mass is 152 g/mol. The molecule has 0 aliphatic carbocycles. The molecule has 0 N–H and O–H groups in total. The first-order valence-corrected chi connectivity index (χ1v) is 4.06. The molecule has 0 atom stereocenters. The molecule has 0 amide bonds. The molecule has 0 spiro atoms. The molecule has 0 aromatic rings. The van der Waals surface area contributed by atoms with Crippen LogP contribution in [0.1, 0.15) is 13.8 Å². The molecule has 1 heterocycles. The second kappa shape index (κ2) is 1.68. The van der Waals surface area contributed by atoms with E-state index < -0.39 is 15.9 Å². The molecular formula is C4H8O4S. The fourth-order valence-corrected chi connectivity index (χ4v) is 1.70. The first-order chi connectivity index (χ1) is 3.91. The van der Waals surface area contributed by atoms with E-state index in [0.29, 0.717) is 0 Å². The predicted molar refractivity (Wildman–Crippen MR) is 30.0 cm³/mol. The van der Waals surface area contributed by atoms with Crippen LogP contribution in [0.25, 0.3) is 0 Å². The molecule has 0 aromatic heterocycles. The normalized spacial score (nSPS) is 30.4. The van der Waals surface area contributed by atoms with Crippen molar-refractivity contribution < 1.29 is 17.3 Å². The number of ether oxygens (including phenoxy) is 1. The highest BCUT2D eigenvalue weighted by Crippen LogP contribution is 2.22. The molecule has 1 aliphatic heterocycles. The summed E-state index contributed by atoms with van der Waals surface area (Å²) in [5, 5.41) is 0. The highest BCUT2D eigenvalue weighted by molar-refractivity contribution is 7.86. The van der Waals surface area contributed by atoms with Gasteiger partial charge in [-0.3, -0.25) is 0 Å². The summed E-state index contributed by atoms with van der Waals surface area (Å²) < 4.78 is 30.2. The molecule has 1 rings (SSSR count). The molecule has 9 heavy (non-hydrogen) atoms. The van der Waals surface area contributed by atoms with Crippen molar-refractivity contribution in [1.29, 1.82) is 0 Å². The van der Waals surface area contributed by atoms with Crippen LogP contribution < -0.4 is 0 Å².